The van der Waals surface area contributed by atoms with Crippen molar-refractivity contribution >= 4 is 5.91 Å². The Morgan fingerprint density at radius 1 is 1.24 bits per heavy atom. The normalized spacial score (nSPS) is 27.1. The van der Waals surface area contributed by atoms with E-state index in [4.69, 9.17) is 0 Å². The maximum Gasteiger partial charge on any atom is 0.222 e. The van der Waals surface area contributed by atoms with Crippen LogP contribution in [0.25, 0.3) is 0 Å². The van der Waals surface area contributed by atoms with Crippen LogP contribution >= 0.6 is 0 Å². The molecule has 4 heteroatoms. The molecule has 1 amide bonds. The van der Waals surface area contributed by atoms with Gasteiger partial charge >= 0.3 is 0 Å². The van der Waals surface area contributed by atoms with E-state index in [0.717, 1.165) is 45.6 Å². The van der Waals surface area contributed by atoms with E-state index in [0.29, 0.717) is 11.9 Å². The fraction of sp³-hybridized carbons (Fsp3) is 0.923. The summed E-state index contributed by atoms with van der Waals surface area (Å²) < 4.78 is 0. The summed E-state index contributed by atoms with van der Waals surface area (Å²) >= 11 is 0. The number of piperazine rings is 1. The van der Waals surface area contributed by atoms with Crippen molar-refractivity contribution in [2.24, 2.45) is 0 Å². The second-order valence-electron chi connectivity index (χ2n) is 5.37. The van der Waals surface area contributed by atoms with Gasteiger partial charge in [0, 0.05) is 38.6 Å². The zero-order chi connectivity index (χ0) is 12.1. The van der Waals surface area contributed by atoms with Crippen molar-refractivity contribution in [3.05, 3.63) is 0 Å². The number of carbonyl (C=O) groups is 1. The minimum Gasteiger partial charge on any atom is -0.340 e. The molecule has 1 atom stereocenters. The summed E-state index contributed by atoms with van der Waals surface area (Å²) in [5, 5.41) is 3.51. The Kier molecular flexibility index (Phi) is 4.80. The van der Waals surface area contributed by atoms with Gasteiger partial charge in [0.05, 0.1) is 0 Å². The molecule has 4 nitrogen and oxygen atoms in total. The van der Waals surface area contributed by atoms with Crippen LogP contribution in [-0.4, -0.2) is 61.5 Å². The average molecular weight is 239 g/mol. The summed E-state index contributed by atoms with van der Waals surface area (Å²) in [6.07, 6.45) is 5.60. The van der Waals surface area contributed by atoms with Crippen molar-refractivity contribution in [3.8, 4) is 0 Å². The Morgan fingerprint density at radius 3 is 2.65 bits per heavy atom. The van der Waals surface area contributed by atoms with Gasteiger partial charge in [-0.25, -0.2) is 0 Å². The van der Waals surface area contributed by atoms with E-state index in [9.17, 15) is 4.79 Å². The molecule has 2 rings (SSSR count). The summed E-state index contributed by atoms with van der Waals surface area (Å²) in [6.45, 7) is 5.00. The highest BCUT2D eigenvalue weighted by Gasteiger charge is 2.20. The van der Waals surface area contributed by atoms with E-state index >= 15 is 0 Å². The summed E-state index contributed by atoms with van der Waals surface area (Å²) in [6, 6.07) is 0.583. The summed E-state index contributed by atoms with van der Waals surface area (Å²) in [7, 11) is 2.12. The molecule has 0 spiro atoms. The van der Waals surface area contributed by atoms with Crippen LogP contribution < -0.4 is 5.32 Å². The van der Waals surface area contributed by atoms with Crippen molar-refractivity contribution in [2.45, 2.75) is 38.1 Å². The van der Waals surface area contributed by atoms with Crippen molar-refractivity contribution in [3.63, 3.8) is 0 Å². The molecule has 0 aromatic heterocycles. The number of nitrogens with zero attached hydrogens (tertiary/aromatic N) is 2. The number of nitrogens with one attached hydrogen (secondary N) is 1. The highest BCUT2D eigenvalue weighted by Crippen LogP contribution is 2.13. The number of rotatable bonds is 3. The number of hydrogen-bond donors (Lipinski definition) is 1. The van der Waals surface area contributed by atoms with Crippen LogP contribution in [-0.2, 0) is 4.79 Å². The maximum absolute atomic E-state index is 12.0. The van der Waals surface area contributed by atoms with E-state index in [-0.39, 0.29) is 0 Å². The highest BCUT2D eigenvalue weighted by molar-refractivity contribution is 5.76. The monoisotopic (exact) mass is 239 g/mol. The van der Waals surface area contributed by atoms with Crippen LogP contribution in [0.15, 0.2) is 0 Å². The van der Waals surface area contributed by atoms with Crippen molar-refractivity contribution < 1.29 is 4.79 Å². The Hall–Kier alpha value is -0.610. The van der Waals surface area contributed by atoms with Crippen LogP contribution in [0.2, 0.25) is 0 Å². The number of likely N-dealkylation sites (N-methyl/N-ethyl adjacent to an activating group) is 1. The molecule has 2 saturated heterocycles. The van der Waals surface area contributed by atoms with Crippen molar-refractivity contribution in [2.75, 3.05) is 39.8 Å². The number of carbonyl (C=O) groups excluding carboxylic acids is 1. The van der Waals surface area contributed by atoms with Crippen LogP contribution in [0.3, 0.4) is 0 Å². The minimum absolute atomic E-state index is 0.352. The Bertz CT molecular complexity index is 243. The highest BCUT2D eigenvalue weighted by atomic mass is 16.2. The van der Waals surface area contributed by atoms with E-state index in [1.807, 2.05) is 4.90 Å². The SMILES string of the molecule is CN1CCN(C(=O)CCC2CCCCN2)CC1. The zero-order valence-electron chi connectivity index (χ0n) is 11.0. The molecule has 0 aliphatic carbocycles. The fourth-order valence-corrected chi connectivity index (χ4v) is 2.68. The molecule has 0 saturated carbocycles. The molecule has 2 fully saturated rings. The lowest BCUT2D eigenvalue weighted by Crippen LogP contribution is -2.47. The van der Waals surface area contributed by atoms with Gasteiger partial charge in [-0.05, 0) is 32.9 Å². The van der Waals surface area contributed by atoms with Gasteiger partial charge in [0.15, 0.2) is 0 Å². The third-order valence-corrected chi connectivity index (χ3v) is 3.98. The summed E-state index contributed by atoms with van der Waals surface area (Å²) in [5.74, 6) is 0.352. The predicted octanol–water partition coefficient (Wildman–Crippen LogP) is 0.683. The smallest absolute Gasteiger partial charge is 0.222 e. The standard InChI is InChI=1S/C13H25N3O/c1-15-8-10-16(11-9-15)13(17)6-5-12-4-2-3-7-14-12/h12,14H,2-11H2,1H3. The van der Waals surface area contributed by atoms with Crippen LogP contribution in [0.4, 0.5) is 0 Å². The molecule has 1 unspecified atom stereocenters. The minimum atomic E-state index is 0.352. The molecule has 0 aromatic rings. The topological polar surface area (TPSA) is 35.6 Å². The molecule has 98 valence electrons. The number of hydrogen-bond acceptors (Lipinski definition) is 3. The van der Waals surface area contributed by atoms with Gasteiger partial charge in [0.25, 0.3) is 0 Å². The molecule has 1 N–H and O–H groups in total. The average Bonchev–Trinajstić information content (AvgIpc) is 2.38. The third kappa shape index (κ3) is 3.96. The lowest BCUT2D eigenvalue weighted by molar-refractivity contribution is -0.133. The van der Waals surface area contributed by atoms with Gasteiger partial charge in [0.1, 0.15) is 0 Å². The molecule has 0 bridgehead atoms. The van der Waals surface area contributed by atoms with E-state index < -0.39 is 0 Å². The lowest BCUT2D eigenvalue weighted by Gasteiger charge is -2.33. The molecular formula is C13H25N3O. The zero-order valence-corrected chi connectivity index (χ0v) is 11.0. The second kappa shape index (κ2) is 6.36. The maximum atomic E-state index is 12.0. The van der Waals surface area contributed by atoms with Crippen LogP contribution in [0.1, 0.15) is 32.1 Å². The van der Waals surface area contributed by atoms with Gasteiger partial charge in [-0.3, -0.25) is 4.79 Å². The van der Waals surface area contributed by atoms with Gasteiger partial charge in [0.2, 0.25) is 5.91 Å². The van der Waals surface area contributed by atoms with Crippen molar-refractivity contribution in [1.82, 2.24) is 15.1 Å². The lowest BCUT2D eigenvalue weighted by atomic mass is 10.0. The van der Waals surface area contributed by atoms with Crippen molar-refractivity contribution in [1.29, 1.82) is 0 Å². The first-order valence-electron chi connectivity index (χ1n) is 6.95. The molecule has 0 radical (unpaired) electrons. The van der Waals surface area contributed by atoms with E-state index in [1.165, 1.54) is 19.3 Å². The summed E-state index contributed by atoms with van der Waals surface area (Å²) in [5.41, 5.74) is 0. The van der Waals surface area contributed by atoms with Gasteiger partial charge in [-0.1, -0.05) is 6.42 Å². The predicted molar refractivity (Wildman–Crippen MR) is 69.0 cm³/mol. The van der Waals surface area contributed by atoms with Gasteiger partial charge in [-0.15, -0.1) is 0 Å². The fourth-order valence-electron chi connectivity index (χ4n) is 2.68. The second-order valence-corrected chi connectivity index (χ2v) is 5.37. The third-order valence-electron chi connectivity index (χ3n) is 3.98. The van der Waals surface area contributed by atoms with Crippen LogP contribution in [0, 0.1) is 0 Å². The molecule has 2 heterocycles. The van der Waals surface area contributed by atoms with Crippen LogP contribution in [0.5, 0.6) is 0 Å². The molecule has 0 aromatic carbocycles. The first-order chi connectivity index (χ1) is 8.25. The van der Waals surface area contributed by atoms with Gasteiger partial charge < -0.3 is 15.1 Å². The first kappa shape index (κ1) is 12.8. The Balaban J connectivity index is 1.66. The molecule has 2 aliphatic heterocycles. The summed E-state index contributed by atoms with van der Waals surface area (Å²) in [4.78, 5) is 16.3. The number of amides is 1. The largest absolute Gasteiger partial charge is 0.340 e. The molecular weight excluding hydrogens is 214 g/mol. The molecule has 17 heavy (non-hydrogen) atoms. The van der Waals surface area contributed by atoms with E-state index in [2.05, 4.69) is 17.3 Å². The Labute approximate surface area is 104 Å². The first-order valence-corrected chi connectivity index (χ1v) is 6.95. The van der Waals surface area contributed by atoms with Gasteiger partial charge in [-0.2, -0.15) is 0 Å². The molecule has 2 aliphatic rings. The van der Waals surface area contributed by atoms with E-state index in [1.54, 1.807) is 0 Å². The number of piperidine rings is 1. The quantitative estimate of drug-likeness (QED) is 0.787. The Morgan fingerprint density at radius 2 is 2.00 bits per heavy atom.